The molecule has 0 amide bonds. The molecule has 152 valence electrons. The van der Waals surface area contributed by atoms with E-state index >= 15 is 0 Å². The van der Waals surface area contributed by atoms with Crippen LogP contribution in [-0.4, -0.2) is 29.7 Å². The number of hydrogen-bond donors (Lipinski definition) is 1. The van der Waals surface area contributed by atoms with E-state index < -0.39 is 0 Å². The molecule has 0 unspecified atom stereocenters. The molecule has 0 spiro atoms. The van der Waals surface area contributed by atoms with Gasteiger partial charge in [0, 0.05) is 11.3 Å². The Labute approximate surface area is 171 Å². The van der Waals surface area contributed by atoms with Crippen molar-refractivity contribution in [3.8, 4) is 11.5 Å². The van der Waals surface area contributed by atoms with E-state index in [1.54, 1.807) is 18.4 Å². The van der Waals surface area contributed by atoms with Crippen LogP contribution in [0.4, 0.5) is 0 Å². The van der Waals surface area contributed by atoms with Gasteiger partial charge in [-0.15, -0.1) is 11.3 Å². The summed E-state index contributed by atoms with van der Waals surface area (Å²) in [4.78, 5) is 33.6. The van der Waals surface area contributed by atoms with Gasteiger partial charge in [-0.2, -0.15) is 0 Å². The number of esters is 1. The first-order valence-corrected chi connectivity index (χ1v) is 10.4. The Balaban J connectivity index is 1.24. The monoisotopic (exact) mass is 414 g/mol. The standard InChI is InChI=1S/C21H22N2O5S/c1-26-13-7-9-14(10-8-13)27-11-3-6-18(24)28-12-17-22-20(25)19-15-4-2-5-16(15)29-21(19)23-17/h7-10H,2-6,11-12H2,1H3,(H,22,23,25). The number of nitrogens with zero attached hydrogens (tertiary/aromatic N) is 1. The van der Waals surface area contributed by atoms with Crippen LogP contribution in [0.25, 0.3) is 10.2 Å². The molecule has 0 atom stereocenters. The van der Waals surface area contributed by atoms with Gasteiger partial charge in [-0.25, -0.2) is 4.98 Å². The van der Waals surface area contributed by atoms with Crippen LogP contribution in [0, 0.1) is 0 Å². The lowest BCUT2D eigenvalue weighted by Gasteiger charge is -2.07. The molecule has 0 saturated heterocycles. The second kappa shape index (κ2) is 8.65. The van der Waals surface area contributed by atoms with Gasteiger partial charge in [0.25, 0.3) is 5.56 Å². The first-order chi connectivity index (χ1) is 14.1. The minimum atomic E-state index is -0.347. The highest BCUT2D eigenvalue weighted by molar-refractivity contribution is 7.18. The molecule has 1 aliphatic carbocycles. The summed E-state index contributed by atoms with van der Waals surface area (Å²) in [7, 11) is 1.61. The Morgan fingerprint density at radius 1 is 1.21 bits per heavy atom. The fraction of sp³-hybridized carbons (Fsp3) is 0.381. The fourth-order valence-corrected chi connectivity index (χ4v) is 4.70. The maximum Gasteiger partial charge on any atom is 0.306 e. The summed E-state index contributed by atoms with van der Waals surface area (Å²) < 4.78 is 15.9. The molecule has 3 aromatic rings. The third kappa shape index (κ3) is 4.42. The molecule has 0 aliphatic heterocycles. The zero-order valence-electron chi connectivity index (χ0n) is 16.2. The highest BCUT2D eigenvalue weighted by Gasteiger charge is 2.21. The molecule has 0 saturated carbocycles. The van der Waals surface area contributed by atoms with E-state index in [9.17, 15) is 9.59 Å². The van der Waals surface area contributed by atoms with Gasteiger partial charge < -0.3 is 19.2 Å². The van der Waals surface area contributed by atoms with Gasteiger partial charge in [0.1, 0.15) is 28.8 Å². The zero-order chi connectivity index (χ0) is 20.2. The highest BCUT2D eigenvalue weighted by atomic mass is 32.1. The number of aromatic nitrogens is 2. The Morgan fingerprint density at radius 2 is 2.00 bits per heavy atom. The molecule has 4 rings (SSSR count). The highest BCUT2D eigenvalue weighted by Crippen LogP contribution is 2.34. The van der Waals surface area contributed by atoms with Gasteiger partial charge in [-0.05, 0) is 55.5 Å². The van der Waals surface area contributed by atoms with Crippen molar-refractivity contribution >= 4 is 27.5 Å². The molecule has 7 nitrogen and oxygen atoms in total. The summed E-state index contributed by atoms with van der Waals surface area (Å²) >= 11 is 1.57. The first-order valence-electron chi connectivity index (χ1n) is 9.60. The van der Waals surface area contributed by atoms with Gasteiger partial charge in [-0.1, -0.05) is 0 Å². The van der Waals surface area contributed by atoms with Gasteiger partial charge >= 0.3 is 5.97 Å². The molecule has 0 radical (unpaired) electrons. The van der Waals surface area contributed by atoms with Crippen LogP contribution in [0.15, 0.2) is 29.1 Å². The van der Waals surface area contributed by atoms with E-state index in [4.69, 9.17) is 14.2 Å². The van der Waals surface area contributed by atoms with Crippen LogP contribution in [0.3, 0.4) is 0 Å². The van der Waals surface area contributed by atoms with Crippen LogP contribution in [0.5, 0.6) is 11.5 Å². The molecule has 0 fully saturated rings. The molecule has 2 aromatic heterocycles. The average molecular weight is 414 g/mol. The van der Waals surface area contributed by atoms with Crippen LogP contribution in [0.1, 0.15) is 35.5 Å². The fourth-order valence-electron chi connectivity index (χ4n) is 3.41. The quantitative estimate of drug-likeness (QED) is 0.449. The number of H-pyrrole nitrogens is 1. The minimum absolute atomic E-state index is 0.0358. The molecular formula is C21H22N2O5S. The lowest BCUT2D eigenvalue weighted by atomic mass is 10.2. The second-order valence-electron chi connectivity index (χ2n) is 6.84. The lowest BCUT2D eigenvalue weighted by Crippen LogP contribution is -2.14. The van der Waals surface area contributed by atoms with Crippen LogP contribution in [0.2, 0.25) is 0 Å². The molecule has 1 aromatic carbocycles. The smallest absolute Gasteiger partial charge is 0.306 e. The Morgan fingerprint density at radius 3 is 2.79 bits per heavy atom. The van der Waals surface area contributed by atoms with Crippen molar-refractivity contribution in [1.29, 1.82) is 0 Å². The zero-order valence-corrected chi connectivity index (χ0v) is 17.0. The number of hydrogen-bond acceptors (Lipinski definition) is 7. The number of ether oxygens (including phenoxy) is 3. The van der Waals surface area contributed by atoms with E-state index in [0.717, 1.165) is 41.2 Å². The summed E-state index contributed by atoms with van der Waals surface area (Å²) in [6.45, 7) is 0.370. The van der Waals surface area contributed by atoms with Crippen LogP contribution >= 0.6 is 11.3 Å². The largest absolute Gasteiger partial charge is 0.497 e. The van der Waals surface area contributed by atoms with Crippen molar-refractivity contribution in [2.45, 2.75) is 38.7 Å². The molecule has 29 heavy (non-hydrogen) atoms. The SMILES string of the molecule is COc1ccc(OCCCC(=O)OCc2nc3sc4c(c3c(=O)[nH]2)CCC4)cc1. The number of methoxy groups -OCH3 is 1. The van der Waals surface area contributed by atoms with E-state index in [-0.39, 0.29) is 24.6 Å². The first kappa shape index (κ1) is 19.4. The van der Waals surface area contributed by atoms with Crippen molar-refractivity contribution in [3.05, 3.63) is 50.9 Å². The predicted molar refractivity (Wildman–Crippen MR) is 110 cm³/mol. The van der Waals surface area contributed by atoms with E-state index in [1.165, 1.54) is 4.88 Å². The average Bonchev–Trinajstić information content (AvgIpc) is 3.31. The molecule has 1 N–H and O–H groups in total. The number of aromatic amines is 1. The summed E-state index contributed by atoms with van der Waals surface area (Å²) in [5, 5.41) is 0.702. The lowest BCUT2D eigenvalue weighted by molar-refractivity contribution is -0.145. The number of aryl methyl sites for hydroxylation is 2. The topological polar surface area (TPSA) is 90.5 Å². The normalized spacial score (nSPS) is 12.7. The Bertz CT molecular complexity index is 1070. The summed E-state index contributed by atoms with van der Waals surface area (Å²) in [6.07, 6.45) is 3.81. The predicted octanol–water partition coefficient (Wildman–Crippen LogP) is 3.38. The van der Waals surface area contributed by atoms with Crippen molar-refractivity contribution in [3.63, 3.8) is 0 Å². The number of thiophene rings is 1. The molecule has 1 aliphatic rings. The number of rotatable bonds is 8. The van der Waals surface area contributed by atoms with Gasteiger partial charge in [0.2, 0.25) is 0 Å². The van der Waals surface area contributed by atoms with Gasteiger partial charge in [-0.3, -0.25) is 9.59 Å². The maximum absolute atomic E-state index is 12.4. The van der Waals surface area contributed by atoms with Crippen molar-refractivity contribution < 1.29 is 19.0 Å². The van der Waals surface area contributed by atoms with Crippen molar-refractivity contribution in [1.82, 2.24) is 9.97 Å². The minimum Gasteiger partial charge on any atom is -0.497 e. The molecular weight excluding hydrogens is 392 g/mol. The third-order valence-electron chi connectivity index (χ3n) is 4.85. The number of carbonyl (C=O) groups excluding carboxylic acids is 1. The van der Waals surface area contributed by atoms with Crippen molar-refractivity contribution in [2.24, 2.45) is 0 Å². The third-order valence-corrected chi connectivity index (χ3v) is 6.03. The summed E-state index contributed by atoms with van der Waals surface area (Å²) in [5.74, 6) is 1.51. The summed E-state index contributed by atoms with van der Waals surface area (Å²) in [6, 6.07) is 7.26. The maximum atomic E-state index is 12.4. The Kier molecular flexibility index (Phi) is 5.80. The molecule has 2 heterocycles. The molecule has 0 bridgehead atoms. The molecule has 8 heteroatoms. The van der Waals surface area contributed by atoms with E-state index in [1.807, 2.05) is 24.3 Å². The number of benzene rings is 1. The second-order valence-corrected chi connectivity index (χ2v) is 7.92. The van der Waals surface area contributed by atoms with Crippen LogP contribution in [-0.2, 0) is 29.0 Å². The van der Waals surface area contributed by atoms with Crippen molar-refractivity contribution in [2.75, 3.05) is 13.7 Å². The number of fused-ring (bicyclic) bond motifs is 3. The van der Waals surface area contributed by atoms with E-state index in [0.29, 0.717) is 24.2 Å². The van der Waals surface area contributed by atoms with Gasteiger partial charge in [0.05, 0.1) is 19.1 Å². The van der Waals surface area contributed by atoms with Gasteiger partial charge in [0.15, 0.2) is 0 Å². The number of nitrogens with one attached hydrogen (secondary N) is 1. The Hall–Kier alpha value is -2.87. The van der Waals surface area contributed by atoms with E-state index in [2.05, 4.69) is 9.97 Å². The van der Waals surface area contributed by atoms with Crippen LogP contribution < -0.4 is 15.0 Å². The number of carbonyl (C=O) groups is 1. The summed E-state index contributed by atoms with van der Waals surface area (Å²) in [5.41, 5.74) is 0.993.